The van der Waals surface area contributed by atoms with Gasteiger partial charge >= 0.3 is 0 Å². The fraction of sp³-hybridized carbons (Fsp3) is 0.400. The molecule has 1 rings (SSSR count). The molecule has 0 radical (unpaired) electrons. The van der Waals surface area contributed by atoms with Crippen LogP contribution in [0.4, 0.5) is 0 Å². The predicted molar refractivity (Wildman–Crippen MR) is 53.2 cm³/mol. The standard InChI is InChI=1S/C10H12ClNO/c1-6(2)9(13)8-4-7(3)10(11)12-5-8/h4-6H,1-3H3. The summed E-state index contributed by atoms with van der Waals surface area (Å²) in [7, 11) is 0. The van der Waals surface area contributed by atoms with Crippen molar-refractivity contribution in [2.45, 2.75) is 20.8 Å². The molecule has 0 N–H and O–H groups in total. The maximum atomic E-state index is 11.5. The van der Waals surface area contributed by atoms with Crippen molar-refractivity contribution in [3.8, 4) is 0 Å². The monoisotopic (exact) mass is 197 g/mol. The van der Waals surface area contributed by atoms with Crippen LogP contribution in [-0.2, 0) is 0 Å². The maximum Gasteiger partial charge on any atom is 0.166 e. The summed E-state index contributed by atoms with van der Waals surface area (Å²) < 4.78 is 0. The van der Waals surface area contributed by atoms with E-state index in [4.69, 9.17) is 11.6 Å². The lowest BCUT2D eigenvalue weighted by Gasteiger charge is -2.04. The number of ketones is 1. The van der Waals surface area contributed by atoms with E-state index in [0.29, 0.717) is 10.7 Å². The van der Waals surface area contributed by atoms with Gasteiger partial charge in [-0.15, -0.1) is 0 Å². The van der Waals surface area contributed by atoms with Gasteiger partial charge in [0, 0.05) is 17.7 Å². The Morgan fingerprint density at radius 1 is 1.54 bits per heavy atom. The van der Waals surface area contributed by atoms with Crippen LogP contribution in [0.1, 0.15) is 29.8 Å². The summed E-state index contributed by atoms with van der Waals surface area (Å²) in [5.74, 6) is 0.106. The Morgan fingerprint density at radius 2 is 2.15 bits per heavy atom. The van der Waals surface area contributed by atoms with E-state index >= 15 is 0 Å². The Balaban J connectivity index is 3.04. The van der Waals surface area contributed by atoms with Crippen molar-refractivity contribution < 1.29 is 4.79 Å². The second kappa shape index (κ2) is 3.88. The van der Waals surface area contributed by atoms with Crippen molar-refractivity contribution in [3.05, 3.63) is 28.5 Å². The third kappa shape index (κ3) is 2.28. The lowest BCUT2D eigenvalue weighted by molar-refractivity contribution is 0.0939. The molecule has 13 heavy (non-hydrogen) atoms. The zero-order valence-electron chi connectivity index (χ0n) is 7.97. The molecule has 1 aromatic rings. The third-order valence-corrected chi connectivity index (χ3v) is 2.22. The van der Waals surface area contributed by atoms with Crippen LogP contribution in [-0.4, -0.2) is 10.8 Å². The molecule has 0 spiro atoms. The van der Waals surface area contributed by atoms with Crippen molar-refractivity contribution in [3.63, 3.8) is 0 Å². The quantitative estimate of drug-likeness (QED) is 0.539. The molecule has 0 fully saturated rings. The number of aromatic nitrogens is 1. The van der Waals surface area contributed by atoms with Crippen LogP contribution in [0.2, 0.25) is 5.15 Å². The Hall–Kier alpha value is -0.890. The SMILES string of the molecule is Cc1cc(C(=O)C(C)C)cnc1Cl. The first-order chi connectivity index (χ1) is 6.02. The summed E-state index contributed by atoms with van der Waals surface area (Å²) in [6, 6.07) is 1.78. The molecule has 0 aromatic carbocycles. The van der Waals surface area contributed by atoms with Crippen molar-refractivity contribution >= 4 is 17.4 Å². The Morgan fingerprint density at radius 3 is 2.62 bits per heavy atom. The second-order valence-electron chi connectivity index (χ2n) is 3.35. The summed E-state index contributed by atoms with van der Waals surface area (Å²) in [6.45, 7) is 5.57. The van der Waals surface area contributed by atoms with Crippen molar-refractivity contribution in [1.82, 2.24) is 4.98 Å². The topological polar surface area (TPSA) is 30.0 Å². The molecule has 70 valence electrons. The molecular formula is C10H12ClNO. The van der Waals surface area contributed by atoms with Crippen molar-refractivity contribution in [2.75, 3.05) is 0 Å². The van der Waals surface area contributed by atoms with E-state index in [1.165, 1.54) is 6.20 Å². The average molecular weight is 198 g/mol. The molecule has 0 unspecified atom stereocenters. The smallest absolute Gasteiger partial charge is 0.166 e. The van der Waals surface area contributed by atoms with Gasteiger partial charge in [0.2, 0.25) is 0 Å². The van der Waals surface area contributed by atoms with E-state index in [0.717, 1.165) is 5.56 Å². The van der Waals surface area contributed by atoms with Gasteiger partial charge in [-0.3, -0.25) is 4.79 Å². The number of pyridine rings is 1. The molecule has 2 nitrogen and oxygen atoms in total. The molecule has 3 heteroatoms. The van der Waals surface area contributed by atoms with E-state index in [-0.39, 0.29) is 11.7 Å². The zero-order chi connectivity index (χ0) is 10.0. The van der Waals surface area contributed by atoms with Crippen LogP contribution in [0.3, 0.4) is 0 Å². The third-order valence-electron chi connectivity index (χ3n) is 1.82. The number of aryl methyl sites for hydroxylation is 1. The van der Waals surface area contributed by atoms with Crippen LogP contribution in [0.25, 0.3) is 0 Å². The summed E-state index contributed by atoms with van der Waals surface area (Å²) in [6.07, 6.45) is 1.53. The number of carbonyl (C=O) groups is 1. The molecule has 0 saturated heterocycles. The minimum Gasteiger partial charge on any atom is -0.294 e. The molecule has 0 aliphatic rings. The fourth-order valence-electron chi connectivity index (χ4n) is 1.03. The normalized spacial score (nSPS) is 10.5. The number of nitrogens with zero attached hydrogens (tertiary/aromatic N) is 1. The molecule has 0 amide bonds. The summed E-state index contributed by atoms with van der Waals surface area (Å²) >= 11 is 5.74. The van der Waals surface area contributed by atoms with Gasteiger partial charge in [-0.25, -0.2) is 4.98 Å². The van der Waals surface area contributed by atoms with Gasteiger partial charge in [0.25, 0.3) is 0 Å². The van der Waals surface area contributed by atoms with Gasteiger partial charge in [-0.05, 0) is 18.6 Å². The highest BCUT2D eigenvalue weighted by atomic mass is 35.5. The summed E-state index contributed by atoms with van der Waals surface area (Å²) in [4.78, 5) is 15.5. The van der Waals surface area contributed by atoms with E-state index in [2.05, 4.69) is 4.98 Å². The van der Waals surface area contributed by atoms with Gasteiger partial charge in [-0.1, -0.05) is 25.4 Å². The van der Waals surface area contributed by atoms with Crippen LogP contribution < -0.4 is 0 Å². The van der Waals surface area contributed by atoms with Crippen LogP contribution in [0.5, 0.6) is 0 Å². The van der Waals surface area contributed by atoms with Gasteiger partial charge in [0.15, 0.2) is 5.78 Å². The van der Waals surface area contributed by atoms with Crippen LogP contribution >= 0.6 is 11.6 Å². The van der Waals surface area contributed by atoms with E-state index < -0.39 is 0 Å². The predicted octanol–water partition coefficient (Wildman–Crippen LogP) is 2.88. The van der Waals surface area contributed by atoms with Crippen LogP contribution in [0.15, 0.2) is 12.3 Å². The fourth-order valence-corrected chi connectivity index (χ4v) is 1.13. The maximum absolute atomic E-state index is 11.5. The summed E-state index contributed by atoms with van der Waals surface area (Å²) in [5.41, 5.74) is 1.48. The Kier molecular flexibility index (Phi) is 3.04. The first kappa shape index (κ1) is 10.2. The van der Waals surface area contributed by atoms with Gasteiger partial charge in [-0.2, -0.15) is 0 Å². The molecule has 0 saturated carbocycles. The van der Waals surface area contributed by atoms with E-state index in [9.17, 15) is 4.79 Å². The van der Waals surface area contributed by atoms with Gasteiger partial charge < -0.3 is 0 Å². The number of hydrogen-bond donors (Lipinski definition) is 0. The number of rotatable bonds is 2. The Bertz CT molecular complexity index is 334. The minimum atomic E-state index is 0.00220. The molecule has 1 aromatic heterocycles. The molecule has 0 atom stereocenters. The highest BCUT2D eigenvalue weighted by Gasteiger charge is 2.11. The first-order valence-corrected chi connectivity index (χ1v) is 4.56. The van der Waals surface area contributed by atoms with Crippen LogP contribution in [0, 0.1) is 12.8 Å². The largest absolute Gasteiger partial charge is 0.294 e. The molecule has 0 bridgehead atoms. The van der Waals surface area contributed by atoms with Crippen molar-refractivity contribution in [2.24, 2.45) is 5.92 Å². The van der Waals surface area contributed by atoms with E-state index in [1.807, 2.05) is 20.8 Å². The molecule has 1 heterocycles. The zero-order valence-corrected chi connectivity index (χ0v) is 8.72. The number of Topliss-reactive ketones (excluding diaryl/α,β-unsaturated/α-hetero) is 1. The van der Waals surface area contributed by atoms with E-state index in [1.54, 1.807) is 6.07 Å². The number of carbonyl (C=O) groups excluding carboxylic acids is 1. The average Bonchev–Trinajstić information content (AvgIpc) is 2.08. The lowest BCUT2D eigenvalue weighted by Crippen LogP contribution is -2.08. The summed E-state index contributed by atoms with van der Waals surface area (Å²) in [5, 5.41) is 0.459. The minimum absolute atomic E-state index is 0.00220. The Labute approximate surface area is 82.9 Å². The lowest BCUT2D eigenvalue weighted by atomic mass is 10.0. The van der Waals surface area contributed by atoms with Gasteiger partial charge in [0.05, 0.1) is 0 Å². The molecular weight excluding hydrogens is 186 g/mol. The number of halogens is 1. The highest BCUT2D eigenvalue weighted by Crippen LogP contribution is 2.15. The second-order valence-corrected chi connectivity index (χ2v) is 3.71. The number of hydrogen-bond acceptors (Lipinski definition) is 2. The molecule has 0 aliphatic carbocycles. The highest BCUT2D eigenvalue weighted by molar-refractivity contribution is 6.30. The molecule has 0 aliphatic heterocycles. The van der Waals surface area contributed by atoms with Gasteiger partial charge in [0.1, 0.15) is 5.15 Å². The van der Waals surface area contributed by atoms with Crippen molar-refractivity contribution in [1.29, 1.82) is 0 Å². The first-order valence-electron chi connectivity index (χ1n) is 4.18.